The van der Waals surface area contributed by atoms with E-state index in [1.165, 1.54) is 13.2 Å². The number of rotatable bonds is 5. The van der Waals surface area contributed by atoms with Crippen molar-refractivity contribution < 1.29 is 22.7 Å². The van der Waals surface area contributed by atoms with Crippen LogP contribution in [0.3, 0.4) is 0 Å². The second kappa shape index (κ2) is 9.00. The molecular formula is C21H17ClN4O5S2. The van der Waals surface area contributed by atoms with E-state index in [1.807, 2.05) is 18.2 Å². The van der Waals surface area contributed by atoms with Crippen molar-refractivity contribution in [2.45, 2.75) is 6.61 Å². The Bertz CT molecular complexity index is 1370. The van der Waals surface area contributed by atoms with Crippen LogP contribution < -0.4 is 9.47 Å². The summed E-state index contributed by atoms with van der Waals surface area (Å²) in [5.41, 5.74) is 1.27. The van der Waals surface area contributed by atoms with Crippen LogP contribution >= 0.6 is 23.5 Å². The lowest BCUT2D eigenvalue weighted by Crippen LogP contribution is -2.45. The van der Waals surface area contributed by atoms with Crippen molar-refractivity contribution in [2.24, 2.45) is 9.39 Å². The number of amides is 1. The van der Waals surface area contributed by atoms with Gasteiger partial charge < -0.3 is 9.47 Å². The average molecular weight is 505 g/mol. The largest absolute Gasteiger partial charge is 0.493 e. The molecule has 2 aliphatic rings. The lowest BCUT2D eigenvalue weighted by molar-refractivity contribution is -0.114. The Kier molecular flexibility index (Phi) is 6.28. The maximum absolute atomic E-state index is 12.5. The maximum atomic E-state index is 12.5. The van der Waals surface area contributed by atoms with Crippen LogP contribution in [0.25, 0.3) is 6.08 Å². The molecule has 33 heavy (non-hydrogen) atoms. The van der Waals surface area contributed by atoms with Crippen molar-refractivity contribution in [3.8, 4) is 11.5 Å². The molecule has 12 heteroatoms. The van der Waals surface area contributed by atoms with Gasteiger partial charge >= 0.3 is 0 Å². The summed E-state index contributed by atoms with van der Waals surface area (Å²) in [6.07, 6.45) is 2.42. The van der Waals surface area contributed by atoms with Crippen LogP contribution in [-0.4, -0.2) is 48.8 Å². The molecule has 2 aliphatic heterocycles. The third-order valence-electron chi connectivity index (χ3n) is 4.67. The molecule has 0 bridgehead atoms. The number of carbonyl (C=O) groups excluding carboxylic acids is 1. The van der Waals surface area contributed by atoms with E-state index in [4.69, 9.17) is 26.5 Å². The number of benzene rings is 2. The fourth-order valence-corrected chi connectivity index (χ4v) is 5.10. The molecule has 1 amide bonds. The predicted octanol–water partition coefficient (Wildman–Crippen LogP) is 3.55. The Balaban J connectivity index is 1.61. The molecule has 0 atom stereocenters. The van der Waals surface area contributed by atoms with Crippen LogP contribution in [0, 0.1) is 5.41 Å². The molecule has 0 aliphatic carbocycles. The van der Waals surface area contributed by atoms with E-state index >= 15 is 0 Å². The Morgan fingerprint density at radius 2 is 1.97 bits per heavy atom. The van der Waals surface area contributed by atoms with E-state index in [2.05, 4.69) is 9.39 Å². The van der Waals surface area contributed by atoms with E-state index in [0.29, 0.717) is 22.1 Å². The summed E-state index contributed by atoms with van der Waals surface area (Å²) in [7, 11) is -2.24. The topological polar surface area (TPSA) is 121 Å². The number of methoxy groups -OCH3 is 1. The molecule has 1 N–H and O–H groups in total. The molecule has 0 spiro atoms. The summed E-state index contributed by atoms with van der Waals surface area (Å²) in [6.45, 7) is 0.233. The number of carbonyl (C=O) groups is 1. The monoisotopic (exact) mass is 504 g/mol. The molecule has 4 rings (SSSR count). The molecule has 0 radical (unpaired) electrons. The van der Waals surface area contributed by atoms with Gasteiger partial charge in [-0.3, -0.25) is 10.2 Å². The Morgan fingerprint density at radius 3 is 2.67 bits per heavy atom. The summed E-state index contributed by atoms with van der Waals surface area (Å²) < 4.78 is 39.1. The first-order chi connectivity index (χ1) is 15.7. The van der Waals surface area contributed by atoms with Gasteiger partial charge in [0.1, 0.15) is 12.4 Å². The smallest absolute Gasteiger partial charge is 0.283 e. The Labute approximate surface area is 199 Å². The van der Waals surface area contributed by atoms with Crippen molar-refractivity contribution in [3.05, 3.63) is 64.2 Å². The molecule has 0 saturated carbocycles. The summed E-state index contributed by atoms with van der Waals surface area (Å²) in [5.74, 6) is -0.114. The van der Waals surface area contributed by atoms with Crippen molar-refractivity contribution in [1.29, 1.82) is 5.41 Å². The molecule has 9 nitrogen and oxygen atoms in total. The summed E-state index contributed by atoms with van der Waals surface area (Å²) in [6, 6.07) is 12.3. The second-order valence-electron chi connectivity index (χ2n) is 6.97. The number of sulfone groups is 1. The number of ether oxygens (including phenoxy) is 2. The van der Waals surface area contributed by atoms with Gasteiger partial charge in [0.25, 0.3) is 5.91 Å². The van der Waals surface area contributed by atoms with Crippen LogP contribution in [0.1, 0.15) is 11.1 Å². The van der Waals surface area contributed by atoms with Gasteiger partial charge in [-0.15, -0.1) is 0 Å². The fraction of sp³-hybridized carbons (Fsp3) is 0.143. The number of halogens is 1. The van der Waals surface area contributed by atoms with Crippen LogP contribution in [0.4, 0.5) is 0 Å². The summed E-state index contributed by atoms with van der Waals surface area (Å²) in [4.78, 5) is 17.4. The molecule has 0 aromatic heterocycles. The van der Waals surface area contributed by atoms with Gasteiger partial charge in [0.05, 0.1) is 24.6 Å². The van der Waals surface area contributed by atoms with E-state index in [0.717, 1.165) is 28.7 Å². The van der Waals surface area contributed by atoms with Gasteiger partial charge in [0, 0.05) is 16.8 Å². The van der Waals surface area contributed by atoms with Crippen LogP contribution in [0.2, 0.25) is 5.02 Å². The highest BCUT2D eigenvalue weighted by molar-refractivity contribution is 8.16. The standard InChI is InChI=1S/C21H17ClN4O5S2/c1-30-17-10-12(7-8-16(17)31-11-13-5-3-4-6-15(13)22)9-14-18(23)26-20(24-19(14)27)32-25-21(26)33(2,28)29/h3-10,23H,11H2,1-2H3/b14-9-,23-18?. The molecule has 170 valence electrons. The number of aliphatic imine (C=N–C) groups is 1. The van der Waals surface area contributed by atoms with Gasteiger partial charge in [-0.25, -0.2) is 13.3 Å². The van der Waals surface area contributed by atoms with Gasteiger partial charge in [-0.1, -0.05) is 35.9 Å². The van der Waals surface area contributed by atoms with Crippen molar-refractivity contribution in [1.82, 2.24) is 4.90 Å². The second-order valence-corrected chi connectivity index (χ2v) is 10.0. The molecule has 2 aromatic carbocycles. The number of nitrogens with zero attached hydrogens (tertiary/aromatic N) is 3. The number of amidine groups is 3. The molecule has 2 heterocycles. The number of nitrogens with one attached hydrogen (secondary N) is 1. The van der Waals surface area contributed by atoms with E-state index in [-0.39, 0.29) is 28.4 Å². The quantitative estimate of drug-likeness (QED) is 0.488. The van der Waals surface area contributed by atoms with Crippen LogP contribution in [0.5, 0.6) is 11.5 Å². The number of hydrogen-bond acceptors (Lipinski definition) is 8. The highest BCUT2D eigenvalue weighted by Gasteiger charge is 2.41. The SMILES string of the molecule is COc1cc(/C=C2/C(=N)N3C(=NC2=O)SN=C3S(C)(=O)=O)ccc1OCc1ccccc1Cl. The third kappa shape index (κ3) is 4.65. The third-order valence-corrected chi connectivity index (χ3v) is 6.79. The molecule has 0 fully saturated rings. The highest BCUT2D eigenvalue weighted by Crippen LogP contribution is 2.33. The van der Waals surface area contributed by atoms with E-state index in [1.54, 1.807) is 24.3 Å². The zero-order valence-corrected chi connectivity index (χ0v) is 19.8. The van der Waals surface area contributed by atoms with Crippen molar-refractivity contribution in [2.75, 3.05) is 13.4 Å². The molecule has 0 unspecified atom stereocenters. The molecule has 0 saturated heterocycles. The molecule has 2 aromatic rings. The first-order valence-electron chi connectivity index (χ1n) is 9.42. The van der Waals surface area contributed by atoms with E-state index < -0.39 is 15.7 Å². The maximum Gasteiger partial charge on any atom is 0.283 e. The van der Waals surface area contributed by atoms with Crippen molar-refractivity contribution >= 4 is 61.5 Å². The Hall–Kier alpha value is -3.15. The fourth-order valence-electron chi connectivity index (χ4n) is 3.07. The predicted molar refractivity (Wildman–Crippen MR) is 129 cm³/mol. The lowest BCUT2D eigenvalue weighted by Gasteiger charge is -2.23. The van der Waals surface area contributed by atoms with E-state index in [9.17, 15) is 13.2 Å². The zero-order chi connectivity index (χ0) is 23.8. The number of hydrogen-bond donors (Lipinski definition) is 1. The summed E-state index contributed by atoms with van der Waals surface area (Å²) in [5, 5.41) is 8.70. The highest BCUT2D eigenvalue weighted by atomic mass is 35.5. The lowest BCUT2D eigenvalue weighted by atomic mass is 10.1. The minimum atomic E-state index is -3.72. The number of fused-ring (bicyclic) bond motifs is 1. The van der Waals surface area contributed by atoms with Gasteiger partial charge in [0.15, 0.2) is 11.5 Å². The first kappa shape index (κ1) is 23.0. The van der Waals surface area contributed by atoms with Gasteiger partial charge in [-0.2, -0.15) is 9.39 Å². The molecular weight excluding hydrogens is 488 g/mol. The normalized spacial score (nSPS) is 17.1. The van der Waals surface area contributed by atoms with Crippen LogP contribution in [0.15, 0.2) is 57.4 Å². The van der Waals surface area contributed by atoms with Gasteiger partial charge in [-0.05, 0) is 29.8 Å². The first-order valence-corrected chi connectivity index (χ1v) is 12.5. The average Bonchev–Trinajstić information content (AvgIpc) is 3.21. The minimum Gasteiger partial charge on any atom is -0.493 e. The van der Waals surface area contributed by atoms with Crippen molar-refractivity contribution in [3.63, 3.8) is 0 Å². The van der Waals surface area contributed by atoms with Crippen LogP contribution in [-0.2, 0) is 21.2 Å². The Morgan fingerprint density at radius 1 is 1.21 bits per heavy atom. The summed E-state index contributed by atoms with van der Waals surface area (Å²) >= 11 is 6.91. The van der Waals surface area contributed by atoms with Gasteiger partial charge in [0.2, 0.25) is 20.2 Å². The zero-order valence-electron chi connectivity index (χ0n) is 17.4. The minimum absolute atomic E-state index is 0.0310.